The van der Waals surface area contributed by atoms with E-state index in [1.54, 1.807) is 6.20 Å². The van der Waals surface area contributed by atoms with E-state index in [2.05, 4.69) is 48.3 Å². The first kappa shape index (κ1) is 13.7. The summed E-state index contributed by atoms with van der Waals surface area (Å²) in [6, 6.07) is 0.322. The Morgan fingerprint density at radius 3 is 2.74 bits per heavy atom. The van der Waals surface area contributed by atoms with Crippen molar-refractivity contribution in [1.82, 2.24) is 25.2 Å². The van der Waals surface area contributed by atoms with Crippen LogP contribution in [0.3, 0.4) is 0 Å². The molecule has 6 heteroatoms. The first-order valence-corrected chi connectivity index (χ1v) is 6.45. The fourth-order valence-corrected chi connectivity index (χ4v) is 1.63. The van der Waals surface area contributed by atoms with Gasteiger partial charge in [-0.2, -0.15) is 10.1 Å². The number of nitrogens with one attached hydrogen (secondary N) is 1. The van der Waals surface area contributed by atoms with Gasteiger partial charge in [-0.25, -0.2) is 0 Å². The predicted octanol–water partition coefficient (Wildman–Crippen LogP) is 1.84. The second-order valence-electron chi connectivity index (χ2n) is 5.75. The smallest absolute Gasteiger partial charge is 0.261 e. The fourth-order valence-electron chi connectivity index (χ4n) is 1.63. The minimum atomic E-state index is -0.0538. The van der Waals surface area contributed by atoms with Gasteiger partial charge in [0.15, 0.2) is 5.82 Å². The highest BCUT2D eigenvalue weighted by Crippen LogP contribution is 2.20. The minimum Gasteiger partial charge on any atom is -0.334 e. The minimum absolute atomic E-state index is 0.0538. The zero-order chi connectivity index (χ0) is 14.0. The summed E-state index contributed by atoms with van der Waals surface area (Å²) in [5, 5.41) is 11.5. The molecule has 0 fully saturated rings. The summed E-state index contributed by atoms with van der Waals surface area (Å²) in [4.78, 5) is 4.39. The van der Waals surface area contributed by atoms with Gasteiger partial charge in [0, 0.05) is 18.7 Å². The second kappa shape index (κ2) is 5.13. The summed E-state index contributed by atoms with van der Waals surface area (Å²) in [5.74, 6) is 1.23. The van der Waals surface area contributed by atoms with Crippen LogP contribution in [-0.4, -0.2) is 33.0 Å². The summed E-state index contributed by atoms with van der Waals surface area (Å²) < 4.78 is 7.17. The van der Waals surface area contributed by atoms with Crippen molar-refractivity contribution in [2.45, 2.75) is 45.7 Å². The highest BCUT2D eigenvalue weighted by atomic mass is 16.5. The molecular weight excluding hydrogens is 242 g/mol. The molecule has 0 aliphatic heterocycles. The van der Waals surface area contributed by atoms with Crippen molar-refractivity contribution in [3.8, 4) is 11.5 Å². The molecule has 2 aromatic heterocycles. The van der Waals surface area contributed by atoms with E-state index in [1.807, 2.05) is 17.9 Å². The Balaban J connectivity index is 2.16. The van der Waals surface area contributed by atoms with Crippen molar-refractivity contribution in [3.05, 3.63) is 18.2 Å². The van der Waals surface area contributed by atoms with Crippen LogP contribution in [0.2, 0.25) is 0 Å². The molecule has 2 aromatic rings. The standard InChI is InChI=1S/C13H21N5O/c1-9(14-5)6-11-16-12(19-17-11)10-7-15-18(8-10)13(2,3)4/h7-9,14H,6H2,1-5H3. The summed E-state index contributed by atoms with van der Waals surface area (Å²) in [7, 11) is 1.92. The highest BCUT2D eigenvalue weighted by molar-refractivity contribution is 5.49. The molecular formula is C13H21N5O. The fraction of sp³-hybridized carbons (Fsp3) is 0.615. The van der Waals surface area contributed by atoms with Crippen molar-refractivity contribution in [2.75, 3.05) is 7.05 Å². The molecule has 0 saturated heterocycles. The molecule has 0 bridgehead atoms. The van der Waals surface area contributed by atoms with Gasteiger partial charge in [0.25, 0.3) is 5.89 Å². The summed E-state index contributed by atoms with van der Waals surface area (Å²) >= 11 is 0. The predicted molar refractivity (Wildman–Crippen MR) is 72.7 cm³/mol. The maximum absolute atomic E-state index is 5.28. The first-order chi connectivity index (χ1) is 8.90. The molecule has 0 aliphatic rings. The summed E-state index contributed by atoms with van der Waals surface area (Å²) in [5.41, 5.74) is 0.799. The Kier molecular flexibility index (Phi) is 3.71. The molecule has 1 N–H and O–H groups in total. The SMILES string of the molecule is CNC(C)Cc1noc(-c2cnn(C(C)(C)C)c2)n1. The van der Waals surface area contributed by atoms with Crippen LogP contribution in [0.1, 0.15) is 33.5 Å². The van der Waals surface area contributed by atoms with Gasteiger partial charge in [0.2, 0.25) is 0 Å². The van der Waals surface area contributed by atoms with Gasteiger partial charge < -0.3 is 9.84 Å². The van der Waals surface area contributed by atoms with E-state index in [9.17, 15) is 0 Å². The van der Waals surface area contributed by atoms with Crippen LogP contribution in [-0.2, 0) is 12.0 Å². The number of nitrogens with zero attached hydrogens (tertiary/aromatic N) is 4. The van der Waals surface area contributed by atoms with Crippen molar-refractivity contribution in [3.63, 3.8) is 0 Å². The molecule has 2 heterocycles. The normalized spacial score (nSPS) is 13.7. The first-order valence-electron chi connectivity index (χ1n) is 6.45. The van der Waals surface area contributed by atoms with E-state index in [4.69, 9.17) is 4.52 Å². The maximum atomic E-state index is 5.28. The molecule has 19 heavy (non-hydrogen) atoms. The molecule has 104 valence electrons. The Labute approximate surface area is 113 Å². The molecule has 1 atom stereocenters. The van der Waals surface area contributed by atoms with Gasteiger partial charge in [-0.05, 0) is 34.7 Å². The average molecular weight is 263 g/mol. The zero-order valence-corrected chi connectivity index (χ0v) is 12.1. The lowest BCUT2D eigenvalue weighted by Gasteiger charge is -2.18. The topological polar surface area (TPSA) is 68.8 Å². The van der Waals surface area contributed by atoms with E-state index in [0.717, 1.165) is 12.0 Å². The van der Waals surface area contributed by atoms with Gasteiger partial charge in [0.1, 0.15) is 0 Å². The maximum Gasteiger partial charge on any atom is 0.261 e. The number of hydrogen-bond donors (Lipinski definition) is 1. The third-order valence-electron chi connectivity index (χ3n) is 2.97. The second-order valence-corrected chi connectivity index (χ2v) is 5.75. The van der Waals surface area contributed by atoms with Crippen LogP contribution in [0.25, 0.3) is 11.5 Å². The van der Waals surface area contributed by atoms with Gasteiger partial charge >= 0.3 is 0 Å². The van der Waals surface area contributed by atoms with Crippen molar-refractivity contribution < 1.29 is 4.52 Å². The van der Waals surface area contributed by atoms with Crippen LogP contribution in [0.4, 0.5) is 0 Å². The Hall–Kier alpha value is -1.69. The molecule has 0 saturated carbocycles. The monoisotopic (exact) mass is 263 g/mol. The Morgan fingerprint density at radius 1 is 1.42 bits per heavy atom. The van der Waals surface area contributed by atoms with E-state index in [0.29, 0.717) is 17.8 Å². The summed E-state index contributed by atoms with van der Waals surface area (Å²) in [6.45, 7) is 8.36. The largest absolute Gasteiger partial charge is 0.334 e. The zero-order valence-electron chi connectivity index (χ0n) is 12.1. The van der Waals surface area contributed by atoms with Crippen LogP contribution in [0, 0.1) is 0 Å². The number of aromatic nitrogens is 4. The van der Waals surface area contributed by atoms with Crippen LogP contribution < -0.4 is 5.32 Å². The van der Waals surface area contributed by atoms with E-state index >= 15 is 0 Å². The molecule has 0 amide bonds. The third-order valence-corrected chi connectivity index (χ3v) is 2.97. The van der Waals surface area contributed by atoms with E-state index in [-0.39, 0.29) is 5.54 Å². The number of rotatable bonds is 4. The third kappa shape index (κ3) is 3.20. The van der Waals surface area contributed by atoms with Crippen LogP contribution >= 0.6 is 0 Å². The number of likely N-dealkylation sites (N-methyl/N-ethyl adjacent to an activating group) is 1. The summed E-state index contributed by atoms with van der Waals surface area (Å²) in [6.07, 6.45) is 4.43. The highest BCUT2D eigenvalue weighted by Gasteiger charge is 2.17. The van der Waals surface area contributed by atoms with Crippen molar-refractivity contribution >= 4 is 0 Å². The molecule has 0 aromatic carbocycles. The molecule has 6 nitrogen and oxygen atoms in total. The molecule has 1 unspecified atom stereocenters. The lowest BCUT2D eigenvalue weighted by molar-refractivity contribution is 0.355. The Morgan fingerprint density at radius 2 is 2.16 bits per heavy atom. The van der Waals surface area contributed by atoms with E-state index < -0.39 is 0 Å². The van der Waals surface area contributed by atoms with Crippen molar-refractivity contribution in [2.24, 2.45) is 0 Å². The van der Waals surface area contributed by atoms with Gasteiger partial charge in [-0.3, -0.25) is 4.68 Å². The molecule has 0 aliphatic carbocycles. The quantitative estimate of drug-likeness (QED) is 0.911. The van der Waals surface area contributed by atoms with Gasteiger partial charge in [-0.15, -0.1) is 0 Å². The van der Waals surface area contributed by atoms with Gasteiger partial charge in [0.05, 0.1) is 17.3 Å². The van der Waals surface area contributed by atoms with Crippen LogP contribution in [0.5, 0.6) is 0 Å². The van der Waals surface area contributed by atoms with Crippen LogP contribution in [0.15, 0.2) is 16.9 Å². The van der Waals surface area contributed by atoms with Gasteiger partial charge in [-0.1, -0.05) is 5.16 Å². The average Bonchev–Trinajstić information content (AvgIpc) is 2.95. The Bertz CT molecular complexity index is 537. The van der Waals surface area contributed by atoms with Crippen molar-refractivity contribution in [1.29, 1.82) is 0 Å². The molecule has 0 spiro atoms. The lowest BCUT2D eigenvalue weighted by Crippen LogP contribution is -2.24. The number of hydrogen-bond acceptors (Lipinski definition) is 5. The lowest BCUT2D eigenvalue weighted by atomic mass is 10.1. The van der Waals surface area contributed by atoms with E-state index in [1.165, 1.54) is 0 Å². The molecule has 0 radical (unpaired) electrons. The molecule has 2 rings (SSSR count).